The SMILES string of the molecule is C[C@H](c1ccccc1)N1O[C@@H]2C[C@H]1c1cccn1C2. The topological polar surface area (TPSA) is 17.4 Å². The van der Waals surface area contributed by atoms with E-state index in [0.717, 1.165) is 13.0 Å². The summed E-state index contributed by atoms with van der Waals surface area (Å²) in [5, 5.41) is 2.19. The second kappa shape index (κ2) is 4.22. The van der Waals surface area contributed by atoms with Crippen molar-refractivity contribution in [1.29, 1.82) is 0 Å². The van der Waals surface area contributed by atoms with Crippen LogP contribution in [0.4, 0.5) is 0 Å². The van der Waals surface area contributed by atoms with Crippen LogP contribution in [0.2, 0.25) is 0 Å². The molecule has 0 radical (unpaired) electrons. The lowest BCUT2D eigenvalue weighted by Gasteiger charge is -2.28. The number of nitrogens with zero attached hydrogens (tertiary/aromatic N) is 2. The van der Waals surface area contributed by atoms with Crippen molar-refractivity contribution in [2.45, 2.75) is 38.1 Å². The highest BCUT2D eigenvalue weighted by Crippen LogP contribution is 2.43. The van der Waals surface area contributed by atoms with Crippen LogP contribution in [0, 0.1) is 0 Å². The molecule has 2 aromatic rings. The molecule has 3 atom stereocenters. The summed E-state index contributed by atoms with van der Waals surface area (Å²) in [6.07, 6.45) is 3.60. The fourth-order valence-corrected chi connectivity index (χ4v) is 3.36. The number of hydroxylamine groups is 2. The van der Waals surface area contributed by atoms with E-state index in [9.17, 15) is 0 Å². The number of aromatic nitrogens is 1. The number of hydrogen-bond acceptors (Lipinski definition) is 2. The molecular weight excluding hydrogens is 236 g/mol. The summed E-state index contributed by atoms with van der Waals surface area (Å²) >= 11 is 0. The van der Waals surface area contributed by atoms with Gasteiger partial charge in [-0.2, -0.15) is 5.06 Å². The van der Waals surface area contributed by atoms with Crippen molar-refractivity contribution in [3.63, 3.8) is 0 Å². The first kappa shape index (κ1) is 11.3. The summed E-state index contributed by atoms with van der Waals surface area (Å²) in [7, 11) is 0. The molecular formula is C16H18N2O. The lowest BCUT2D eigenvalue weighted by Crippen LogP contribution is -2.26. The predicted octanol–water partition coefficient (Wildman–Crippen LogP) is 3.31. The van der Waals surface area contributed by atoms with Crippen LogP contribution in [0.15, 0.2) is 48.7 Å². The van der Waals surface area contributed by atoms with E-state index in [4.69, 9.17) is 4.84 Å². The van der Waals surface area contributed by atoms with Crippen molar-refractivity contribution in [3.05, 3.63) is 59.9 Å². The first-order valence-electron chi connectivity index (χ1n) is 6.98. The number of rotatable bonds is 2. The zero-order chi connectivity index (χ0) is 12.8. The minimum absolute atomic E-state index is 0.289. The van der Waals surface area contributed by atoms with Gasteiger partial charge < -0.3 is 4.57 Å². The first-order valence-corrected chi connectivity index (χ1v) is 6.98. The van der Waals surface area contributed by atoms with Crippen LogP contribution in [-0.4, -0.2) is 15.7 Å². The van der Waals surface area contributed by atoms with Crippen molar-refractivity contribution >= 4 is 0 Å². The van der Waals surface area contributed by atoms with E-state index < -0.39 is 0 Å². The quantitative estimate of drug-likeness (QED) is 0.818. The molecule has 3 heterocycles. The second-order valence-electron chi connectivity index (χ2n) is 5.51. The van der Waals surface area contributed by atoms with Crippen LogP contribution in [0.3, 0.4) is 0 Å². The molecule has 1 fully saturated rings. The second-order valence-corrected chi connectivity index (χ2v) is 5.51. The maximum atomic E-state index is 6.15. The van der Waals surface area contributed by atoms with E-state index in [0.29, 0.717) is 12.1 Å². The number of fused-ring (bicyclic) bond motifs is 4. The highest BCUT2D eigenvalue weighted by molar-refractivity contribution is 5.21. The van der Waals surface area contributed by atoms with E-state index in [1.54, 1.807) is 0 Å². The molecule has 19 heavy (non-hydrogen) atoms. The van der Waals surface area contributed by atoms with E-state index in [1.807, 2.05) is 0 Å². The molecule has 0 aliphatic carbocycles. The van der Waals surface area contributed by atoms with Gasteiger partial charge in [-0.3, -0.25) is 4.84 Å². The van der Waals surface area contributed by atoms with Crippen molar-refractivity contribution in [1.82, 2.24) is 9.63 Å². The average molecular weight is 254 g/mol. The Bertz CT molecular complexity index is 577. The molecule has 2 bridgehead atoms. The van der Waals surface area contributed by atoms with Gasteiger partial charge in [0.05, 0.1) is 24.7 Å². The minimum Gasteiger partial charge on any atom is -0.347 e. The van der Waals surface area contributed by atoms with Gasteiger partial charge in [0.2, 0.25) is 0 Å². The molecule has 98 valence electrons. The summed E-state index contributed by atoms with van der Waals surface area (Å²) in [5.41, 5.74) is 2.70. The molecule has 0 spiro atoms. The lowest BCUT2D eigenvalue weighted by molar-refractivity contribution is -0.185. The van der Waals surface area contributed by atoms with Crippen LogP contribution in [0.5, 0.6) is 0 Å². The Morgan fingerprint density at radius 3 is 2.84 bits per heavy atom. The monoisotopic (exact) mass is 254 g/mol. The molecule has 1 aromatic heterocycles. The van der Waals surface area contributed by atoms with Crippen molar-refractivity contribution in [2.75, 3.05) is 0 Å². The standard InChI is InChI=1S/C16H18N2O/c1-12(13-6-3-2-4-7-13)18-16-10-14(19-18)11-17-9-5-8-15(16)17/h2-9,12,14,16H,10-11H2,1H3/t12-,14-,16+/m1/s1. The van der Waals surface area contributed by atoms with Gasteiger partial charge in [-0.1, -0.05) is 30.3 Å². The van der Waals surface area contributed by atoms with Crippen LogP contribution >= 0.6 is 0 Å². The Kier molecular flexibility index (Phi) is 2.50. The molecule has 1 saturated heterocycles. The van der Waals surface area contributed by atoms with Crippen LogP contribution in [-0.2, 0) is 11.4 Å². The van der Waals surface area contributed by atoms with Gasteiger partial charge in [-0.15, -0.1) is 0 Å². The molecule has 3 heteroatoms. The van der Waals surface area contributed by atoms with Crippen molar-refractivity contribution in [2.24, 2.45) is 0 Å². The Labute approximate surface area is 113 Å². The molecule has 3 nitrogen and oxygen atoms in total. The largest absolute Gasteiger partial charge is 0.347 e. The summed E-state index contributed by atoms with van der Waals surface area (Å²) in [6, 6.07) is 15.6. The zero-order valence-corrected chi connectivity index (χ0v) is 11.1. The lowest BCUT2D eigenvalue weighted by atomic mass is 10.0. The fraction of sp³-hybridized carbons (Fsp3) is 0.375. The molecule has 1 aromatic carbocycles. The third-order valence-electron chi connectivity index (χ3n) is 4.33. The van der Waals surface area contributed by atoms with Crippen LogP contribution < -0.4 is 0 Å². The number of benzene rings is 1. The Morgan fingerprint density at radius 1 is 1.16 bits per heavy atom. The van der Waals surface area contributed by atoms with Crippen LogP contribution in [0.1, 0.15) is 36.7 Å². The summed E-state index contributed by atoms with van der Waals surface area (Å²) in [6.45, 7) is 3.21. The molecule has 0 N–H and O–H groups in total. The van der Waals surface area contributed by atoms with Crippen molar-refractivity contribution < 1.29 is 4.84 Å². The van der Waals surface area contributed by atoms with Crippen LogP contribution in [0.25, 0.3) is 0 Å². The first-order chi connectivity index (χ1) is 9.33. The molecule has 2 aliphatic rings. The molecule has 0 unspecified atom stereocenters. The highest BCUT2D eigenvalue weighted by atomic mass is 16.7. The van der Waals surface area contributed by atoms with Crippen molar-refractivity contribution in [3.8, 4) is 0 Å². The molecule has 4 rings (SSSR count). The van der Waals surface area contributed by atoms with Gasteiger partial charge >= 0.3 is 0 Å². The normalized spacial score (nSPS) is 27.2. The molecule has 0 amide bonds. The van der Waals surface area contributed by atoms with Gasteiger partial charge in [-0.25, -0.2) is 0 Å². The fourth-order valence-electron chi connectivity index (χ4n) is 3.36. The molecule has 0 saturated carbocycles. The van der Waals surface area contributed by atoms with E-state index in [1.165, 1.54) is 11.3 Å². The Morgan fingerprint density at radius 2 is 2.00 bits per heavy atom. The third kappa shape index (κ3) is 1.73. The maximum Gasteiger partial charge on any atom is 0.0991 e. The predicted molar refractivity (Wildman–Crippen MR) is 73.4 cm³/mol. The maximum absolute atomic E-state index is 6.15. The zero-order valence-electron chi connectivity index (χ0n) is 11.1. The summed E-state index contributed by atoms with van der Waals surface area (Å²) in [5.74, 6) is 0. The van der Waals surface area contributed by atoms with Gasteiger partial charge in [0, 0.05) is 18.3 Å². The Hall–Kier alpha value is -1.58. The summed E-state index contributed by atoms with van der Waals surface area (Å²) in [4.78, 5) is 6.15. The Balaban J connectivity index is 1.67. The van der Waals surface area contributed by atoms with E-state index in [2.05, 4.69) is 65.2 Å². The molecule has 2 aliphatic heterocycles. The van der Waals surface area contributed by atoms with Gasteiger partial charge in [0.25, 0.3) is 0 Å². The highest BCUT2D eigenvalue weighted by Gasteiger charge is 2.42. The van der Waals surface area contributed by atoms with E-state index in [-0.39, 0.29) is 6.04 Å². The summed E-state index contributed by atoms with van der Waals surface area (Å²) < 4.78 is 2.33. The average Bonchev–Trinajstić information content (AvgIpc) is 3.05. The number of hydrogen-bond donors (Lipinski definition) is 0. The van der Waals surface area contributed by atoms with Gasteiger partial charge in [-0.05, 0) is 24.6 Å². The third-order valence-corrected chi connectivity index (χ3v) is 4.33. The smallest absolute Gasteiger partial charge is 0.0991 e. The van der Waals surface area contributed by atoms with Gasteiger partial charge in [0.1, 0.15) is 0 Å². The van der Waals surface area contributed by atoms with E-state index >= 15 is 0 Å². The minimum atomic E-state index is 0.289. The van der Waals surface area contributed by atoms with Gasteiger partial charge in [0.15, 0.2) is 0 Å².